The molecule has 0 spiro atoms. The van der Waals surface area contributed by atoms with E-state index < -0.39 is 0 Å². The van der Waals surface area contributed by atoms with E-state index in [4.69, 9.17) is 5.73 Å². The summed E-state index contributed by atoms with van der Waals surface area (Å²) in [7, 11) is 2.14. The first-order valence-corrected chi connectivity index (χ1v) is 4.66. The molecule has 2 atom stereocenters. The van der Waals surface area contributed by atoms with Crippen molar-refractivity contribution in [1.82, 2.24) is 4.90 Å². The molecule has 0 bridgehead atoms. The van der Waals surface area contributed by atoms with E-state index in [9.17, 15) is 0 Å². The molecule has 1 saturated heterocycles. The van der Waals surface area contributed by atoms with Crippen LogP contribution in [-0.4, -0.2) is 30.6 Å². The predicted octanol–water partition coefficient (Wildman–Crippen LogP) is 1.45. The summed E-state index contributed by atoms with van der Waals surface area (Å²) in [4.78, 5) is 2.33. The molecule has 1 aliphatic rings. The van der Waals surface area contributed by atoms with Crippen LogP contribution in [0.1, 0.15) is 33.6 Å². The Bertz CT molecular complexity index is 93.6. The van der Waals surface area contributed by atoms with Gasteiger partial charge in [-0.1, -0.05) is 13.8 Å². The summed E-state index contributed by atoms with van der Waals surface area (Å²) >= 11 is 0. The zero-order chi connectivity index (χ0) is 8.85. The lowest BCUT2D eigenvalue weighted by molar-refractivity contribution is 0.182. The first-order valence-electron chi connectivity index (χ1n) is 4.66. The molecule has 0 radical (unpaired) electrons. The summed E-state index contributed by atoms with van der Waals surface area (Å²) < 4.78 is 0. The second-order valence-electron chi connectivity index (χ2n) is 3.13. The summed E-state index contributed by atoms with van der Waals surface area (Å²) in [5.74, 6) is 0. The SMILES string of the molecule is CC.CC1CCC(N)CN1C. The summed E-state index contributed by atoms with van der Waals surface area (Å²) in [5, 5.41) is 0. The van der Waals surface area contributed by atoms with E-state index in [-0.39, 0.29) is 0 Å². The fourth-order valence-electron chi connectivity index (χ4n) is 1.32. The zero-order valence-electron chi connectivity index (χ0n) is 8.30. The average Bonchev–Trinajstić information content (AvgIpc) is 2.02. The van der Waals surface area contributed by atoms with Gasteiger partial charge in [0.15, 0.2) is 0 Å². The molecule has 2 N–H and O–H groups in total. The number of nitrogens with two attached hydrogens (primary N) is 1. The standard InChI is InChI=1S/C7H16N2.C2H6/c1-6-3-4-7(8)5-9(6)2;1-2/h6-7H,3-5,8H2,1-2H3;1-2H3. The Morgan fingerprint density at radius 1 is 1.27 bits per heavy atom. The molecule has 0 amide bonds. The predicted molar refractivity (Wildman–Crippen MR) is 50.6 cm³/mol. The average molecular weight is 158 g/mol. The van der Waals surface area contributed by atoms with E-state index in [2.05, 4.69) is 18.9 Å². The minimum Gasteiger partial charge on any atom is -0.327 e. The minimum absolute atomic E-state index is 0.422. The van der Waals surface area contributed by atoms with Crippen molar-refractivity contribution < 1.29 is 0 Å². The van der Waals surface area contributed by atoms with Gasteiger partial charge in [-0.05, 0) is 26.8 Å². The Morgan fingerprint density at radius 2 is 1.82 bits per heavy atom. The van der Waals surface area contributed by atoms with Crippen molar-refractivity contribution in [2.75, 3.05) is 13.6 Å². The molecule has 0 aromatic heterocycles. The lowest BCUT2D eigenvalue weighted by Crippen LogP contribution is -2.45. The number of piperidine rings is 1. The minimum atomic E-state index is 0.422. The van der Waals surface area contributed by atoms with Gasteiger partial charge in [-0.2, -0.15) is 0 Å². The maximum atomic E-state index is 5.75. The summed E-state index contributed by atoms with van der Waals surface area (Å²) in [6.45, 7) is 7.33. The molecule has 0 saturated carbocycles. The number of nitrogens with zero attached hydrogens (tertiary/aromatic N) is 1. The van der Waals surface area contributed by atoms with Crippen LogP contribution in [0, 0.1) is 0 Å². The van der Waals surface area contributed by atoms with Crippen LogP contribution < -0.4 is 5.73 Å². The molecular formula is C9H22N2. The highest BCUT2D eigenvalue weighted by molar-refractivity contribution is 4.77. The van der Waals surface area contributed by atoms with Gasteiger partial charge >= 0.3 is 0 Å². The smallest absolute Gasteiger partial charge is 0.0168 e. The van der Waals surface area contributed by atoms with Gasteiger partial charge in [-0.25, -0.2) is 0 Å². The van der Waals surface area contributed by atoms with Gasteiger partial charge in [-0.3, -0.25) is 0 Å². The molecule has 2 heteroatoms. The zero-order valence-corrected chi connectivity index (χ0v) is 8.30. The van der Waals surface area contributed by atoms with Crippen LogP contribution in [0.5, 0.6) is 0 Å². The van der Waals surface area contributed by atoms with Crippen LogP contribution in [0.2, 0.25) is 0 Å². The third-order valence-electron chi connectivity index (χ3n) is 2.23. The first-order chi connectivity index (χ1) is 5.20. The summed E-state index contributed by atoms with van der Waals surface area (Å²) in [6, 6.07) is 1.16. The number of likely N-dealkylation sites (N-methyl/N-ethyl adjacent to an activating group) is 1. The van der Waals surface area contributed by atoms with E-state index in [0.29, 0.717) is 6.04 Å². The first kappa shape index (κ1) is 10.9. The molecule has 1 fully saturated rings. The third kappa shape index (κ3) is 3.73. The van der Waals surface area contributed by atoms with Crippen LogP contribution in [0.3, 0.4) is 0 Å². The second kappa shape index (κ2) is 5.56. The lowest BCUT2D eigenvalue weighted by atomic mass is 10.0. The van der Waals surface area contributed by atoms with Crippen LogP contribution in [-0.2, 0) is 0 Å². The molecule has 0 aromatic carbocycles. The molecule has 2 nitrogen and oxygen atoms in total. The maximum Gasteiger partial charge on any atom is 0.0168 e. The van der Waals surface area contributed by atoms with E-state index in [1.54, 1.807) is 0 Å². The normalized spacial score (nSPS) is 32.5. The van der Waals surface area contributed by atoms with Gasteiger partial charge in [0.25, 0.3) is 0 Å². The van der Waals surface area contributed by atoms with Crippen LogP contribution >= 0.6 is 0 Å². The highest BCUT2D eigenvalue weighted by Gasteiger charge is 2.18. The maximum absolute atomic E-state index is 5.75. The van der Waals surface area contributed by atoms with Crippen molar-refractivity contribution in [2.24, 2.45) is 5.73 Å². The van der Waals surface area contributed by atoms with Gasteiger partial charge in [0, 0.05) is 18.6 Å². The molecule has 2 unspecified atom stereocenters. The summed E-state index contributed by atoms with van der Waals surface area (Å²) in [5.41, 5.74) is 5.75. The van der Waals surface area contributed by atoms with E-state index >= 15 is 0 Å². The highest BCUT2D eigenvalue weighted by Crippen LogP contribution is 2.12. The molecule has 1 heterocycles. The second-order valence-corrected chi connectivity index (χ2v) is 3.13. The Hall–Kier alpha value is -0.0800. The molecular weight excluding hydrogens is 136 g/mol. The van der Waals surface area contributed by atoms with E-state index in [0.717, 1.165) is 12.6 Å². The molecule has 0 aliphatic carbocycles. The number of hydrogen-bond acceptors (Lipinski definition) is 2. The molecule has 0 aromatic rings. The van der Waals surface area contributed by atoms with Crippen LogP contribution in [0.4, 0.5) is 0 Å². The van der Waals surface area contributed by atoms with E-state index in [1.807, 2.05) is 13.8 Å². The Balaban J connectivity index is 0.000000461. The third-order valence-corrected chi connectivity index (χ3v) is 2.23. The molecule has 68 valence electrons. The van der Waals surface area contributed by atoms with Gasteiger partial charge < -0.3 is 10.6 Å². The van der Waals surface area contributed by atoms with Gasteiger partial charge in [0.2, 0.25) is 0 Å². The Kier molecular flexibility index (Phi) is 5.51. The fraction of sp³-hybridized carbons (Fsp3) is 1.00. The van der Waals surface area contributed by atoms with Crippen LogP contribution in [0.25, 0.3) is 0 Å². The Labute approximate surface area is 70.8 Å². The fourth-order valence-corrected chi connectivity index (χ4v) is 1.32. The van der Waals surface area contributed by atoms with Gasteiger partial charge in [0.05, 0.1) is 0 Å². The number of hydrogen-bond donors (Lipinski definition) is 1. The van der Waals surface area contributed by atoms with Crippen molar-refractivity contribution in [3.8, 4) is 0 Å². The molecule has 1 aliphatic heterocycles. The number of rotatable bonds is 0. The van der Waals surface area contributed by atoms with Crippen molar-refractivity contribution in [2.45, 2.75) is 45.7 Å². The highest BCUT2D eigenvalue weighted by atomic mass is 15.1. The van der Waals surface area contributed by atoms with Crippen molar-refractivity contribution in [1.29, 1.82) is 0 Å². The molecule has 11 heavy (non-hydrogen) atoms. The number of likely N-dealkylation sites (tertiary alicyclic amines) is 1. The largest absolute Gasteiger partial charge is 0.327 e. The topological polar surface area (TPSA) is 29.3 Å². The Morgan fingerprint density at radius 3 is 2.18 bits per heavy atom. The van der Waals surface area contributed by atoms with Crippen molar-refractivity contribution >= 4 is 0 Å². The van der Waals surface area contributed by atoms with E-state index in [1.165, 1.54) is 12.8 Å². The quantitative estimate of drug-likeness (QED) is 0.578. The summed E-state index contributed by atoms with van der Waals surface area (Å²) in [6.07, 6.45) is 2.46. The van der Waals surface area contributed by atoms with Crippen molar-refractivity contribution in [3.05, 3.63) is 0 Å². The van der Waals surface area contributed by atoms with Crippen LogP contribution in [0.15, 0.2) is 0 Å². The molecule has 1 rings (SSSR count). The van der Waals surface area contributed by atoms with Crippen molar-refractivity contribution in [3.63, 3.8) is 0 Å². The lowest BCUT2D eigenvalue weighted by Gasteiger charge is -2.33. The van der Waals surface area contributed by atoms with Gasteiger partial charge in [-0.15, -0.1) is 0 Å². The van der Waals surface area contributed by atoms with Gasteiger partial charge in [0.1, 0.15) is 0 Å². The monoisotopic (exact) mass is 158 g/mol.